The molecule has 1 heterocycles. The minimum Gasteiger partial charge on any atom is -0.434 e. The number of aliphatic hydroxyl groups is 1. The molecule has 0 atom stereocenters. The second kappa shape index (κ2) is 15.2. The molecule has 214 valence electrons. The highest BCUT2D eigenvalue weighted by Crippen LogP contribution is 2.24. The first-order valence-corrected chi connectivity index (χ1v) is 13.3. The summed E-state index contributed by atoms with van der Waals surface area (Å²) in [6.07, 6.45) is 2.56. The van der Waals surface area contributed by atoms with Gasteiger partial charge in [0.1, 0.15) is 12.4 Å². The molecule has 1 saturated heterocycles. The fraction of sp³-hybridized carbons (Fsp3) is 0.290. The van der Waals surface area contributed by atoms with Gasteiger partial charge in [-0.15, -0.1) is 0 Å². The van der Waals surface area contributed by atoms with E-state index in [0.29, 0.717) is 37.4 Å². The maximum absolute atomic E-state index is 12.5. The molecular formula is C31H33BO9. The third-order valence-corrected chi connectivity index (χ3v) is 6.09. The van der Waals surface area contributed by atoms with Crippen LogP contribution in [0.15, 0.2) is 84.9 Å². The molecule has 0 spiro atoms. The lowest BCUT2D eigenvalue weighted by Gasteiger charge is -2.35. The fourth-order valence-corrected chi connectivity index (χ4v) is 3.86. The van der Waals surface area contributed by atoms with Crippen molar-refractivity contribution in [2.45, 2.75) is 31.8 Å². The maximum atomic E-state index is 12.5. The molecule has 0 aromatic heterocycles. The van der Waals surface area contributed by atoms with E-state index in [1.165, 1.54) is 0 Å². The molecule has 0 saturated carbocycles. The molecule has 10 heteroatoms. The highest BCUT2D eigenvalue weighted by atomic mass is 16.8. The van der Waals surface area contributed by atoms with E-state index in [-0.39, 0.29) is 26.4 Å². The summed E-state index contributed by atoms with van der Waals surface area (Å²) >= 11 is 0. The van der Waals surface area contributed by atoms with E-state index in [2.05, 4.69) is 0 Å². The topological polar surface area (TPSA) is 110 Å². The van der Waals surface area contributed by atoms with Crippen LogP contribution in [-0.2, 0) is 30.2 Å². The minimum absolute atomic E-state index is 0.0574. The fourth-order valence-electron chi connectivity index (χ4n) is 3.86. The predicted octanol–water partition coefficient (Wildman–Crippen LogP) is 3.78. The third-order valence-electron chi connectivity index (χ3n) is 6.09. The number of carbonyl (C=O) groups is 2. The largest absolute Gasteiger partial charge is 0.509 e. The van der Waals surface area contributed by atoms with Crippen molar-refractivity contribution in [2.75, 3.05) is 26.4 Å². The normalized spacial score (nSPS) is 18.5. The highest BCUT2D eigenvalue weighted by Gasteiger charge is 2.36. The maximum Gasteiger partial charge on any atom is 0.509 e. The number of carbonyl (C=O) groups excluding carboxylic acids is 2. The second-order valence-corrected chi connectivity index (χ2v) is 9.68. The molecule has 0 unspecified atom stereocenters. The van der Waals surface area contributed by atoms with Gasteiger partial charge < -0.3 is 33.4 Å². The summed E-state index contributed by atoms with van der Waals surface area (Å²) in [4.78, 5) is 24.8. The summed E-state index contributed by atoms with van der Waals surface area (Å²) in [5, 5.41) is 8.79. The third kappa shape index (κ3) is 9.58. The first kappa shape index (κ1) is 30.0. The van der Waals surface area contributed by atoms with Crippen LogP contribution in [0.1, 0.15) is 34.8 Å². The molecule has 4 rings (SSSR count). The van der Waals surface area contributed by atoms with Gasteiger partial charge >= 0.3 is 19.6 Å². The Morgan fingerprint density at radius 3 is 2.44 bits per heavy atom. The lowest BCUT2D eigenvalue weighted by molar-refractivity contribution is -0.231. The number of para-hydroxylation sites is 1. The molecule has 1 aliphatic heterocycles. The van der Waals surface area contributed by atoms with Crippen LogP contribution in [0.2, 0.25) is 0 Å². The Morgan fingerprint density at radius 1 is 1.00 bits per heavy atom. The van der Waals surface area contributed by atoms with Crippen molar-refractivity contribution < 1.29 is 43.0 Å². The van der Waals surface area contributed by atoms with Crippen molar-refractivity contribution in [1.82, 2.24) is 0 Å². The number of hydrogen-bond donors (Lipinski definition) is 1. The van der Waals surface area contributed by atoms with Gasteiger partial charge in [0.25, 0.3) is 0 Å². The molecule has 41 heavy (non-hydrogen) atoms. The van der Waals surface area contributed by atoms with Gasteiger partial charge in [0, 0.05) is 18.8 Å². The minimum atomic E-state index is -1.01. The standard InChI is InChI=1S/C31H33BO9/c1-31(41-30(35)36-20-23-12-15-26(16-13-23)32-39-19-7-18-33)21-37-28(38-22-31)17-14-24-8-5-6-11-27(24)40-29(34)25-9-3-2-4-10-25/h2-6,8-17,28,32-33H,7,18-22H2,1H3/b17-14+. The Morgan fingerprint density at radius 2 is 1.71 bits per heavy atom. The SMILES string of the molecule is CC1(OC(=O)OCc2ccc(BOCCCO)cc2)COC(/C=C/c2ccccc2OC(=O)c2ccccc2)OC1. The molecule has 0 amide bonds. The smallest absolute Gasteiger partial charge is 0.434 e. The number of hydrogen-bond acceptors (Lipinski definition) is 9. The van der Waals surface area contributed by atoms with Crippen LogP contribution in [0, 0.1) is 0 Å². The van der Waals surface area contributed by atoms with E-state index >= 15 is 0 Å². The molecule has 3 aromatic carbocycles. The van der Waals surface area contributed by atoms with Crippen LogP contribution in [0.3, 0.4) is 0 Å². The first-order valence-electron chi connectivity index (χ1n) is 13.3. The van der Waals surface area contributed by atoms with E-state index in [9.17, 15) is 9.59 Å². The van der Waals surface area contributed by atoms with Gasteiger partial charge in [0.2, 0.25) is 0 Å². The van der Waals surface area contributed by atoms with E-state index in [1.54, 1.807) is 55.5 Å². The second-order valence-electron chi connectivity index (χ2n) is 9.68. The number of rotatable bonds is 12. The summed E-state index contributed by atoms with van der Waals surface area (Å²) in [5.41, 5.74) is 1.91. The van der Waals surface area contributed by atoms with Gasteiger partial charge in [-0.3, -0.25) is 0 Å². The van der Waals surface area contributed by atoms with E-state index in [1.807, 2.05) is 42.5 Å². The van der Waals surface area contributed by atoms with Crippen molar-refractivity contribution in [2.24, 2.45) is 0 Å². The predicted molar refractivity (Wildman–Crippen MR) is 153 cm³/mol. The zero-order valence-electron chi connectivity index (χ0n) is 22.9. The van der Waals surface area contributed by atoms with Crippen LogP contribution in [-0.4, -0.2) is 63.0 Å². The average molecular weight is 560 g/mol. The number of aliphatic hydroxyl groups excluding tert-OH is 1. The van der Waals surface area contributed by atoms with Gasteiger partial charge in [-0.05, 0) is 43.2 Å². The van der Waals surface area contributed by atoms with Crippen LogP contribution < -0.4 is 10.2 Å². The van der Waals surface area contributed by atoms with E-state index in [0.717, 1.165) is 11.0 Å². The molecule has 9 nitrogen and oxygen atoms in total. The molecule has 0 radical (unpaired) electrons. The molecule has 1 fully saturated rings. The van der Waals surface area contributed by atoms with Gasteiger partial charge in [-0.25, -0.2) is 9.59 Å². The lowest BCUT2D eigenvalue weighted by Crippen LogP contribution is -2.47. The Labute approximate surface area is 239 Å². The summed E-state index contributed by atoms with van der Waals surface area (Å²) in [6, 6.07) is 23.4. The van der Waals surface area contributed by atoms with Crippen molar-refractivity contribution in [1.29, 1.82) is 0 Å². The monoisotopic (exact) mass is 560 g/mol. The average Bonchev–Trinajstić information content (AvgIpc) is 2.99. The van der Waals surface area contributed by atoms with Gasteiger partial charge in [-0.2, -0.15) is 0 Å². The van der Waals surface area contributed by atoms with Crippen molar-refractivity contribution >= 4 is 31.1 Å². The van der Waals surface area contributed by atoms with E-state index < -0.39 is 24.0 Å². The summed E-state index contributed by atoms with van der Waals surface area (Å²) in [7, 11) is 0.450. The zero-order valence-corrected chi connectivity index (χ0v) is 22.9. The van der Waals surface area contributed by atoms with E-state index in [4.69, 9.17) is 33.4 Å². The van der Waals surface area contributed by atoms with Crippen molar-refractivity contribution in [3.63, 3.8) is 0 Å². The zero-order chi connectivity index (χ0) is 28.9. The number of benzene rings is 3. The molecule has 1 N–H and O–H groups in total. The van der Waals surface area contributed by atoms with Crippen LogP contribution in [0.5, 0.6) is 5.75 Å². The van der Waals surface area contributed by atoms with Crippen LogP contribution >= 0.6 is 0 Å². The molecule has 0 bridgehead atoms. The molecule has 1 aliphatic rings. The van der Waals surface area contributed by atoms with Crippen molar-refractivity contribution in [3.8, 4) is 5.75 Å². The quantitative estimate of drug-likeness (QED) is 0.153. The Kier molecular flexibility index (Phi) is 11.1. The number of ether oxygens (including phenoxy) is 5. The van der Waals surface area contributed by atoms with Gasteiger partial charge in [0.05, 0.1) is 18.8 Å². The molecular weight excluding hydrogens is 527 g/mol. The van der Waals surface area contributed by atoms with Gasteiger partial charge in [0.15, 0.2) is 11.9 Å². The summed E-state index contributed by atoms with van der Waals surface area (Å²) in [5.74, 6) is -0.0429. The lowest BCUT2D eigenvalue weighted by atomic mass is 9.87. The van der Waals surface area contributed by atoms with Crippen LogP contribution in [0.4, 0.5) is 4.79 Å². The Hall–Kier alpha value is -3.96. The summed E-state index contributed by atoms with van der Waals surface area (Å²) in [6.45, 7) is 2.57. The molecule has 3 aromatic rings. The van der Waals surface area contributed by atoms with Crippen LogP contribution in [0.25, 0.3) is 6.08 Å². The highest BCUT2D eigenvalue weighted by molar-refractivity contribution is 6.46. The first-order chi connectivity index (χ1) is 19.9. The number of esters is 1. The Balaban J connectivity index is 1.21. The Bertz CT molecular complexity index is 1290. The summed E-state index contributed by atoms with van der Waals surface area (Å²) < 4.78 is 33.3. The molecule has 0 aliphatic carbocycles. The van der Waals surface area contributed by atoms with Gasteiger partial charge in [-0.1, -0.05) is 72.2 Å². The van der Waals surface area contributed by atoms with Crippen molar-refractivity contribution in [3.05, 3.63) is 102 Å².